The van der Waals surface area contributed by atoms with Crippen LogP contribution in [0, 0.1) is 18.7 Å². The van der Waals surface area contributed by atoms with Gasteiger partial charge in [0.15, 0.2) is 0 Å². The third kappa shape index (κ3) is 6.93. The van der Waals surface area contributed by atoms with Crippen molar-refractivity contribution in [2.24, 2.45) is 5.92 Å². The average molecular weight is 523 g/mol. The smallest absolute Gasteiger partial charge is 0.318 e. The van der Waals surface area contributed by atoms with Crippen LogP contribution in [0.25, 0.3) is 0 Å². The van der Waals surface area contributed by atoms with Gasteiger partial charge in [0.1, 0.15) is 11.9 Å². The first-order valence-corrected chi connectivity index (χ1v) is 14.3. The standard InChI is InChI=1S/C31H43FN4O2/c1-4-24(3)28(33-31(38)36-17-7-5-6-8-18-36)30(37)35-21-19-34(20-22-35)29(25-11-9-23(2)10-12-25)26-13-15-27(32)16-14-26/h9-16,24,28-29H,4-8,17-22H2,1-3H3,(H,33,38)/t24?,28-,29?/m0/s1. The average Bonchev–Trinajstić information content (AvgIpc) is 3.23. The minimum Gasteiger partial charge on any atom is -0.338 e. The molecule has 0 aliphatic carbocycles. The highest BCUT2D eigenvalue weighted by atomic mass is 19.1. The summed E-state index contributed by atoms with van der Waals surface area (Å²) in [6, 6.07) is 14.6. The Hall–Kier alpha value is -2.93. The minimum absolute atomic E-state index is 0.0100. The molecule has 3 atom stereocenters. The lowest BCUT2D eigenvalue weighted by atomic mass is 9.95. The number of carbonyl (C=O) groups is 2. The van der Waals surface area contributed by atoms with Crippen LogP contribution in [0.4, 0.5) is 9.18 Å². The highest BCUT2D eigenvalue weighted by Crippen LogP contribution is 2.30. The van der Waals surface area contributed by atoms with Gasteiger partial charge in [0.05, 0.1) is 6.04 Å². The Morgan fingerprint density at radius 1 is 0.816 bits per heavy atom. The van der Waals surface area contributed by atoms with E-state index >= 15 is 0 Å². The van der Waals surface area contributed by atoms with Crippen LogP contribution >= 0.6 is 0 Å². The molecule has 3 amide bonds. The van der Waals surface area contributed by atoms with E-state index in [-0.39, 0.29) is 29.7 Å². The highest BCUT2D eigenvalue weighted by molar-refractivity contribution is 5.87. The lowest BCUT2D eigenvalue weighted by Gasteiger charge is -2.41. The molecule has 1 N–H and O–H groups in total. The molecule has 0 radical (unpaired) electrons. The molecule has 0 saturated carbocycles. The summed E-state index contributed by atoms with van der Waals surface area (Å²) in [5.41, 5.74) is 3.39. The third-order valence-electron chi connectivity index (χ3n) is 8.22. The lowest BCUT2D eigenvalue weighted by Crippen LogP contribution is -2.58. The number of aryl methyl sites for hydroxylation is 1. The SMILES string of the molecule is CCC(C)[C@H](NC(=O)N1CCCCCC1)C(=O)N1CCN(C(c2ccc(C)cc2)c2ccc(F)cc2)CC1. The molecular formula is C31H43FN4O2. The van der Waals surface area contributed by atoms with Gasteiger partial charge in [-0.2, -0.15) is 0 Å². The summed E-state index contributed by atoms with van der Waals surface area (Å²) >= 11 is 0. The maximum absolute atomic E-state index is 13.7. The second kappa shape index (κ2) is 13.2. The number of benzene rings is 2. The zero-order valence-corrected chi connectivity index (χ0v) is 23.2. The molecule has 2 heterocycles. The van der Waals surface area contributed by atoms with Gasteiger partial charge in [0.25, 0.3) is 0 Å². The van der Waals surface area contributed by atoms with Gasteiger partial charge >= 0.3 is 6.03 Å². The number of hydrogen-bond donors (Lipinski definition) is 1. The molecule has 7 heteroatoms. The van der Waals surface area contributed by atoms with Crippen LogP contribution in [0.5, 0.6) is 0 Å². The number of piperazine rings is 1. The molecule has 38 heavy (non-hydrogen) atoms. The number of amides is 3. The summed E-state index contributed by atoms with van der Waals surface area (Å²) in [4.78, 5) is 32.9. The van der Waals surface area contributed by atoms with Crippen molar-refractivity contribution in [2.45, 2.75) is 65.0 Å². The molecule has 0 spiro atoms. The number of likely N-dealkylation sites (tertiary alicyclic amines) is 1. The molecule has 2 aliphatic heterocycles. The third-order valence-corrected chi connectivity index (χ3v) is 8.22. The molecular weight excluding hydrogens is 479 g/mol. The summed E-state index contributed by atoms with van der Waals surface area (Å²) in [7, 11) is 0. The lowest BCUT2D eigenvalue weighted by molar-refractivity contribution is -0.136. The van der Waals surface area contributed by atoms with Crippen molar-refractivity contribution in [1.82, 2.24) is 20.0 Å². The van der Waals surface area contributed by atoms with Gasteiger partial charge < -0.3 is 15.1 Å². The molecule has 0 aromatic heterocycles. The number of halogens is 1. The zero-order valence-electron chi connectivity index (χ0n) is 23.2. The van der Waals surface area contributed by atoms with E-state index in [1.807, 2.05) is 28.9 Å². The molecule has 2 saturated heterocycles. The van der Waals surface area contributed by atoms with E-state index in [9.17, 15) is 14.0 Å². The summed E-state index contributed by atoms with van der Waals surface area (Å²) in [5, 5.41) is 3.11. The predicted octanol–water partition coefficient (Wildman–Crippen LogP) is 5.37. The molecule has 6 nitrogen and oxygen atoms in total. The fourth-order valence-electron chi connectivity index (χ4n) is 5.59. The molecule has 2 fully saturated rings. The van der Waals surface area contributed by atoms with Crippen molar-refractivity contribution in [3.8, 4) is 0 Å². The van der Waals surface area contributed by atoms with E-state index in [4.69, 9.17) is 0 Å². The Labute approximate surface area is 227 Å². The van der Waals surface area contributed by atoms with E-state index in [2.05, 4.69) is 48.3 Å². The van der Waals surface area contributed by atoms with Gasteiger partial charge in [-0.05, 0) is 48.9 Å². The van der Waals surface area contributed by atoms with Crippen molar-refractivity contribution >= 4 is 11.9 Å². The Morgan fingerprint density at radius 3 is 1.92 bits per heavy atom. The molecule has 0 bridgehead atoms. The van der Waals surface area contributed by atoms with Crippen LogP contribution in [0.1, 0.15) is 68.7 Å². The summed E-state index contributed by atoms with van der Waals surface area (Å²) in [6.45, 7) is 10.3. The fraction of sp³-hybridized carbons (Fsp3) is 0.548. The predicted molar refractivity (Wildman–Crippen MR) is 149 cm³/mol. The second-order valence-electron chi connectivity index (χ2n) is 10.9. The molecule has 2 unspecified atom stereocenters. The van der Waals surface area contributed by atoms with Crippen LogP contribution in [0.2, 0.25) is 0 Å². The van der Waals surface area contributed by atoms with E-state index in [1.165, 1.54) is 17.7 Å². The van der Waals surface area contributed by atoms with Gasteiger partial charge in [0, 0.05) is 39.3 Å². The van der Waals surface area contributed by atoms with Gasteiger partial charge in [-0.15, -0.1) is 0 Å². The Kier molecular flexibility index (Phi) is 9.78. The Bertz CT molecular complexity index is 997. The van der Waals surface area contributed by atoms with Crippen molar-refractivity contribution in [1.29, 1.82) is 0 Å². The maximum Gasteiger partial charge on any atom is 0.318 e. The van der Waals surface area contributed by atoms with Crippen molar-refractivity contribution < 1.29 is 14.0 Å². The number of nitrogens with zero attached hydrogens (tertiary/aromatic N) is 3. The van der Waals surface area contributed by atoms with Gasteiger partial charge in [-0.1, -0.05) is 75.1 Å². The molecule has 4 rings (SSSR count). The Morgan fingerprint density at radius 2 is 1.37 bits per heavy atom. The molecule has 206 valence electrons. The van der Waals surface area contributed by atoms with E-state index in [0.717, 1.165) is 56.3 Å². The topological polar surface area (TPSA) is 55.9 Å². The largest absolute Gasteiger partial charge is 0.338 e. The van der Waals surface area contributed by atoms with Crippen LogP contribution < -0.4 is 5.32 Å². The first-order chi connectivity index (χ1) is 18.4. The monoisotopic (exact) mass is 522 g/mol. The number of hydrogen-bond acceptors (Lipinski definition) is 3. The molecule has 2 aromatic carbocycles. The quantitative estimate of drug-likeness (QED) is 0.532. The van der Waals surface area contributed by atoms with Crippen LogP contribution in [-0.2, 0) is 4.79 Å². The van der Waals surface area contributed by atoms with Gasteiger partial charge in [-0.3, -0.25) is 9.69 Å². The van der Waals surface area contributed by atoms with Crippen LogP contribution in [0.15, 0.2) is 48.5 Å². The van der Waals surface area contributed by atoms with E-state index in [0.29, 0.717) is 26.2 Å². The zero-order chi connectivity index (χ0) is 27.1. The normalized spacial score (nSPS) is 19.4. The first-order valence-electron chi connectivity index (χ1n) is 14.3. The summed E-state index contributed by atoms with van der Waals surface area (Å²) in [5.74, 6) is -0.183. The van der Waals surface area contributed by atoms with Crippen LogP contribution in [-0.4, -0.2) is 71.9 Å². The number of nitrogens with one attached hydrogen (secondary N) is 1. The van der Waals surface area contributed by atoms with E-state index < -0.39 is 6.04 Å². The Balaban J connectivity index is 1.45. The second-order valence-corrected chi connectivity index (χ2v) is 10.9. The van der Waals surface area contributed by atoms with Gasteiger partial charge in [0.2, 0.25) is 5.91 Å². The van der Waals surface area contributed by atoms with E-state index in [1.54, 1.807) is 0 Å². The van der Waals surface area contributed by atoms with Crippen molar-refractivity contribution in [3.05, 3.63) is 71.0 Å². The number of urea groups is 1. The first kappa shape index (κ1) is 28.1. The molecule has 2 aromatic rings. The summed E-state index contributed by atoms with van der Waals surface area (Å²) < 4.78 is 13.7. The fourth-order valence-corrected chi connectivity index (χ4v) is 5.59. The van der Waals surface area contributed by atoms with Crippen molar-refractivity contribution in [3.63, 3.8) is 0 Å². The van der Waals surface area contributed by atoms with Crippen molar-refractivity contribution in [2.75, 3.05) is 39.3 Å². The van der Waals surface area contributed by atoms with Gasteiger partial charge in [-0.25, -0.2) is 9.18 Å². The minimum atomic E-state index is -0.521. The number of rotatable bonds is 7. The summed E-state index contributed by atoms with van der Waals surface area (Å²) in [6.07, 6.45) is 5.17. The van der Waals surface area contributed by atoms with Crippen LogP contribution in [0.3, 0.4) is 0 Å². The highest BCUT2D eigenvalue weighted by Gasteiger charge is 2.34. The maximum atomic E-state index is 13.7. The molecule has 2 aliphatic rings. The number of carbonyl (C=O) groups excluding carboxylic acids is 2.